The lowest BCUT2D eigenvalue weighted by Gasteiger charge is -2.35. The number of rotatable bonds is 5. The lowest BCUT2D eigenvalue weighted by molar-refractivity contribution is -0.136. The van der Waals surface area contributed by atoms with E-state index >= 15 is 0 Å². The Morgan fingerprint density at radius 3 is 2.35 bits per heavy atom. The Balaban J connectivity index is 2.40. The van der Waals surface area contributed by atoms with Gasteiger partial charge >= 0.3 is 0 Å². The van der Waals surface area contributed by atoms with Crippen LogP contribution in [0.4, 0.5) is 0 Å². The van der Waals surface area contributed by atoms with Crippen LogP contribution in [0.5, 0.6) is 0 Å². The number of nitrogens with zero attached hydrogens (tertiary/aromatic N) is 2. The number of carbonyl (C=O) groups excluding carboxylic acids is 2. The maximum Gasteiger partial charge on any atom is 0.240 e. The molecule has 1 atom stereocenters. The number of amides is 2. The molecule has 1 rings (SSSR count). The van der Waals surface area contributed by atoms with Crippen LogP contribution >= 0.6 is 0 Å². The number of piperazine rings is 1. The second-order valence-corrected chi connectivity index (χ2v) is 4.19. The summed E-state index contributed by atoms with van der Waals surface area (Å²) < 4.78 is 0. The highest BCUT2D eigenvalue weighted by Crippen LogP contribution is 2.04. The summed E-state index contributed by atoms with van der Waals surface area (Å²) in [5.74, 6) is -0.738. The van der Waals surface area contributed by atoms with Crippen molar-refractivity contribution in [3.63, 3.8) is 0 Å². The first-order valence-electron chi connectivity index (χ1n) is 5.70. The maximum absolute atomic E-state index is 11.9. The SMILES string of the molecule is C=CCN1CCN(C(=O)C(N)CC(N)=O)CC1. The molecule has 1 aliphatic heterocycles. The van der Waals surface area contributed by atoms with Gasteiger partial charge in [0.1, 0.15) is 0 Å². The van der Waals surface area contributed by atoms with Gasteiger partial charge in [-0.05, 0) is 0 Å². The van der Waals surface area contributed by atoms with Gasteiger partial charge in [-0.25, -0.2) is 0 Å². The monoisotopic (exact) mass is 240 g/mol. The lowest BCUT2D eigenvalue weighted by atomic mass is 10.1. The Morgan fingerprint density at radius 1 is 1.29 bits per heavy atom. The molecule has 0 aliphatic carbocycles. The van der Waals surface area contributed by atoms with E-state index in [1.54, 1.807) is 4.90 Å². The van der Waals surface area contributed by atoms with Gasteiger partial charge in [-0.1, -0.05) is 6.08 Å². The van der Waals surface area contributed by atoms with E-state index in [9.17, 15) is 9.59 Å². The van der Waals surface area contributed by atoms with Crippen molar-refractivity contribution in [3.8, 4) is 0 Å². The Kier molecular flexibility index (Phi) is 5.11. The highest BCUT2D eigenvalue weighted by atomic mass is 16.2. The van der Waals surface area contributed by atoms with Crippen molar-refractivity contribution >= 4 is 11.8 Å². The summed E-state index contributed by atoms with van der Waals surface area (Å²) >= 11 is 0. The Bertz CT molecular complexity index is 298. The predicted octanol–water partition coefficient (Wildman–Crippen LogP) is -1.48. The minimum atomic E-state index is -0.807. The fourth-order valence-electron chi connectivity index (χ4n) is 1.87. The molecule has 1 unspecified atom stereocenters. The first-order valence-corrected chi connectivity index (χ1v) is 5.70. The van der Waals surface area contributed by atoms with Gasteiger partial charge in [0.15, 0.2) is 0 Å². The normalized spacial score (nSPS) is 18.8. The van der Waals surface area contributed by atoms with E-state index in [0.29, 0.717) is 13.1 Å². The molecule has 0 aromatic carbocycles. The van der Waals surface area contributed by atoms with E-state index in [1.807, 2.05) is 6.08 Å². The molecular formula is C11H20N4O2. The summed E-state index contributed by atoms with van der Waals surface area (Å²) in [6.45, 7) is 7.39. The molecule has 6 heteroatoms. The number of hydrogen-bond donors (Lipinski definition) is 2. The minimum Gasteiger partial charge on any atom is -0.370 e. The van der Waals surface area contributed by atoms with E-state index in [0.717, 1.165) is 19.6 Å². The molecule has 0 saturated carbocycles. The zero-order chi connectivity index (χ0) is 12.8. The third-order valence-electron chi connectivity index (χ3n) is 2.81. The van der Waals surface area contributed by atoms with Crippen LogP contribution in [0.3, 0.4) is 0 Å². The van der Waals surface area contributed by atoms with Gasteiger partial charge in [0.2, 0.25) is 11.8 Å². The van der Waals surface area contributed by atoms with Crippen LogP contribution in [0.25, 0.3) is 0 Å². The summed E-state index contributed by atoms with van der Waals surface area (Å²) in [4.78, 5) is 26.4. The third-order valence-corrected chi connectivity index (χ3v) is 2.81. The molecular weight excluding hydrogens is 220 g/mol. The average Bonchev–Trinajstić information content (AvgIpc) is 2.28. The molecule has 0 aromatic heterocycles. The topological polar surface area (TPSA) is 92.7 Å². The predicted molar refractivity (Wildman–Crippen MR) is 65.0 cm³/mol. The molecule has 17 heavy (non-hydrogen) atoms. The Labute approximate surface area is 101 Å². The molecule has 1 fully saturated rings. The molecule has 1 saturated heterocycles. The van der Waals surface area contributed by atoms with Gasteiger partial charge in [0.25, 0.3) is 0 Å². The van der Waals surface area contributed by atoms with Crippen LogP contribution in [-0.2, 0) is 9.59 Å². The summed E-state index contributed by atoms with van der Waals surface area (Å²) in [5, 5.41) is 0. The summed E-state index contributed by atoms with van der Waals surface area (Å²) in [7, 11) is 0. The molecule has 0 bridgehead atoms. The minimum absolute atomic E-state index is 0.0916. The first kappa shape index (κ1) is 13.7. The van der Waals surface area contributed by atoms with E-state index < -0.39 is 11.9 Å². The number of primary amides is 1. The third kappa shape index (κ3) is 4.16. The molecule has 0 spiro atoms. The van der Waals surface area contributed by atoms with E-state index in [-0.39, 0.29) is 12.3 Å². The van der Waals surface area contributed by atoms with E-state index in [4.69, 9.17) is 11.5 Å². The van der Waals surface area contributed by atoms with Crippen molar-refractivity contribution in [1.82, 2.24) is 9.80 Å². The fraction of sp³-hybridized carbons (Fsp3) is 0.636. The second-order valence-electron chi connectivity index (χ2n) is 4.19. The number of carbonyl (C=O) groups is 2. The van der Waals surface area contributed by atoms with Crippen LogP contribution in [0.2, 0.25) is 0 Å². The number of nitrogens with two attached hydrogens (primary N) is 2. The van der Waals surface area contributed by atoms with E-state index in [2.05, 4.69) is 11.5 Å². The van der Waals surface area contributed by atoms with E-state index in [1.165, 1.54) is 0 Å². The number of hydrogen-bond acceptors (Lipinski definition) is 4. The standard InChI is InChI=1S/C11H20N4O2/c1-2-3-14-4-6-15(7-5-14)11(17)9(12)8-10(13)16/h2,9H,1,3-8,12H2,(H2,13,16). The molecule has 0 aromatic rings. The molecule has 96 valence electrons. The van der Waals surface area contributed by atoms with Gasteiger partial charge in [0, 0.05) is 32.7 Å². The van der Waals surface area contributed by atoms with Crippen molar-refractivity contribution in [1.29, 1.82) is 0 Å². The second kappa shape index (κ2) is 6.36. The first-order chi connectivity index (χ1) is 8.04. The molecule has 0 radical (unpaired) electrons. The molecule has 1 aliphatic rings. The van der Waals surface area contributed by atoms with Crippen molar-refractivity contribution < 1.29 is 9.59 Å². The van der Waals surface area contributed by atoms with Gasteiger partial charge in [-0.15, -0.1) is 6.58 Å². The van der Waals surface area contributed by atoms with Gasteiger partial charge in [0.05, 0.1) is 12.5 Å². The van der Waals surface area contributed by atoms with Gasteiger partial charge in [-0.3, -0.25) is 14.5 Å². The summed E-state index contributed by atoms with van der Waals surface area (Å²) in [5.41, 5.74) is 10.6. The van der Waals surface area contributed by atoms with Crippen molar-refractivity contribution in [2.24, 2.45) is 11.5 Å². The summed E-state index contributed by atoms with van der Waals surface area (Å²) in [6, 6.07) is -0.807. The zero-order valence-electron chi connectivity index (χ0n) is 9.97. The van der Waals surface area contributed by atoms with Crippen LogP contribution in [0, 0.1) is 0 Å². The van der Waals surface area contributed by atoms with Crippen LogP contribution < -0.4 is 11.5 Å². The summed E-state index contributed by atoms with van der Waals surface area (Å²) in [6.07, 6.45) is 1.75. The molecule has 6 nitrogen and oxygen atoms in total. The highest BCUT2D eigenvalue weighted by Gasteiger charge is 2.25. The molecule has 4 N–H and O–H groups in total. The lowest BCUT2D eigenvalue weighted by Crippen LogP contribution is -2.53. The largest absolute Gasteiger partial charge is 0.370 e. The molecule has 1 heterocycles. The van der Waals surface area contributed by atoms with Crippen LogP contribution in [0.1, 0.15) is 6.42 Å². The average molecular weight is 240 g/mol. The molecule has 2 amide bonds. The van der Waals surface area contributed by atoms with Crippen molar-refractivity contribution in [2.45, 2.75) is 12.5 Å². The zero-order valence-corrected chi connectivity index (χ0v) is 9.97. The maximum atomic E-state index is 11.9. The quantitative estimate of drug-likeness (QED) is 0.573. The highest BCUT2D eigenvalue weighted by molar-refractivity contribution is 5.87. The van der Waals surface area contributed by atoms with Crippen LogP contribution in [-0.4, -0.2) is 60.4 Å². The fourth-order valence-corrected chi connectivity index (χ4v) is 1.87. The Hall–Kier alpha value is -1.40. The van der Waals surface area contributed by atoms with Crippen LogP contribution in [0.15, 0.2) is 12.7 Å². The van der Waals surface area contributed by atoms with Gasteiger partial charge < -0.3 is 16.4 Å². The Morgan fingerprint density at radius 2 is 1.88 bits per heavy atom. The van der Waals surface area contributed by atoms with Crippen molar-refractivity contribution in [2.75, 3.05) is 32.7 Å². The smallest absolute Gasteiger partial charge is 0.240 e. The van der Waals surface area contributed by atoms with Crippen molar-refractivity contribution in [3.05, 3.63) is 12.7 Å². The van der Waals surface area contributed by atoms with Gasteiger partial charge in [-0.2, -0.15) is 0 Å².